The van der Waals surface area contributed by atoms with E-state index < -0.39 is 0 Å². The lowest BCUT2D eigenvalue weighted by Crippen LogP contribution is -2.47. The van der Waals surface area contributed by atoms with Crippen molar-refractivity contribution in [3.8, 4) is 5.75 Å². The number of hydrogen-bond acceptors (Lipinski definition) is 5. The van der Waals surface area contributed by atoms with Crippen LogP contribution in [0.2, 0.25) is 5.02 Å². The second-order valence-electron chi connectivity index (χ2n) is 9.02. The Bertz CT molecular complexity index is 1150. The Morgan fingerprint density at radius 2 is 1.68 bits per heavy atom. The third kappa shape index (κ3) is 5.20. The first-order chi connectivity index (χ1) is 16.6. The maximum atomic E-state index is 13.1. The summed E-state index contributed by atoms with van der Waals surface area (Å²) in [6, 6.07) is 15.2. The highest BCUT2D eigenvalue weighted by atomic mass is 35.5. The van der Waals surface area contributed by atoms with E-state index in [1.165, 1.54) is 0 Å². The minimum Gasteiger partial charge on any atom is -0.484 e. The predicted molar refractivity (Wildman–Crippen MR) is 134 cm³/mol. The number of piperidine rings is 2. The van der Waals surface area contributed by atoms with E-state index in [1.807, 2.05) is 58.3 Å². The van der Waals surface area contributed by atoms with Crippen LogP contribution in [0.1, 0.15) is 36.6 Å². The van der Waals surface area contributed by atoms with Gasteiger partial charge in [0.15, 0.2) is 6.61 Å². The van der Waals surface area contributed by atoms with Gasteiger partial charge in [-0.25, -0.2) is 4.98 Å². The van der Waals surface area contributed by atoms with Crippen molar-refractivity contribution in [1.29, 1.82) is 0 Å². The maximum absolute atomic E-state index is 13.1. The summed E-state index contributed by atoms with van der Waals surface area (Å²) in [5, 5.41) is 1.86. The molecule has 0 saturated carbocycles. The molecule has 2 fully saturated rings. The first kappa shape index (κ1) is 23.1. The van der Waals surface area contributed by atoms with Gasteiger partial charge in [0.2, 0.25) is 5.91 Å². The molecule has 0 unspecified atom stereocenters. The van der Waals surface area contributed by atoms with Crippen LogP contribution in [0.15, 0.2) is 48.5 Å². The van der Waals surface area contributed by atoms with Crippen molar-refractivity contribution in [1.82, 2.24) is 14.8 Å². The number of benzene rings is 2. The van der Waals surface area contributed by atoms with Gasteiger partial charge in [-0.3, -0.25) is 9.59 Å². The number of fused-ring (bicyclic) bond motifs is 1. The predicted octanol–water partition coefficient (Wildman–Crippen LogP) is 4.97. The van der Waals surface area contributed by atoms with E-state index in [2.05, 4.69) is 0 Å². The smallest absolute Gasteiger partial charge is 0.260 e. The van der Waals surface area contributed by atoms with Crippen LogP contribution in [0.25, 0.3) is 10.2 Å². The van der Waals surface area contributed by atoms with Crippen LogP contribution in [0.3, 0.4) is 0 Å². The Balaban J connectivity index is 1.08. The van der Waals surface area contributed by atoms with Crippen LogP contribution in [-0.2, 0) is 9.59 Å². The molecular weight excluding hydrogens is 470 g/mol. The van der Waals surface area contributed by atoms with Crippen molar-refractivity contribution in [3.63, 3.8) is 0 Å². The molecule has 0 aliphatic carbocycles. The SMILES string of the molecule is O=C(COc1ccccc1)N1CCC(C(=O)N2CCC(c3nc4cc(Cl)ccc4s3)CC2)CC1. The van der Waals surface area contributed by atoms with Crippen LogP contribution in [0, 0.1) is 5.92 Å². The van der Waals surface area contributed by atoms with Gasteiger partial charge in [0, 0.05) is 43.0 Å². The van der Waals surface area contributed by atoms with Gasteiger partial charge in [-0.05, 0) is 56.0 Å². The molecule has 8 heteroatoms. The molecule has 3 aromatic rings. The zero-order chi connectivity index (χ0) is 23.5. The average Bonchev–Trinajstić information content (AvgIpc) is 3.31. The van der Waals surface area contributed by atoms with E-state index in [9.17, 15) is 9.59 Å². The molecule has 0 N–H and O–H groups in total. The van der Waals surface area contributed by atoms with E-state index >= 15 is 0 Å². The molecule has 178 valence electrons. The van der Waals surface area contributed by atoms with Crippen molar-refractivity contribution >= 4 is 45.0 Å². The van der Waals surface area contributed by atoms with Crippen LogP contribution >= 0.6 is 22.9 Å². The molecule has 2 amide bonds. The molecule has 2 aromatic carbocycles. The molecule has 1 aromatic heterocycles. The summed E-state index contributed by atoms with van der Waals surface area (Å²) in [7, 11) is 0. The highest BCUT2D eigenvalue weighted by molar-refractivity contribution is 7.18. The zero-order valence-corrected chi connectivity index (χ0v) is 20.6. The molecule has 0 spiro atoms. The summed E-state index contributed by atoms with van der Waals surface area (Å²) in [5.74, 6) is 1.30. The van der Waals surface area contributed by atoms with Crippen LogP contribution < -0.4 is 4.74 Å². The molecule has 0 atom stereocenters. The van der Waals surface area contributed by atoms with E-state index in [4.69, 9.17) is 21.3 Å². The lowest BCUT2D eigenvalue weighted by molar-refractivity contribution is -0.142. The lowest BCUT2D eigenvalue weighted by atomic mass is 9.92. The molecule has 2 aliphatic rings. The number of ether oxygens (including phenoxy) is 1. The summed E-state index contributed by atoms with van der Waals surface area (Å²) >= 11 is 7.84. The normalized spacial score (nSPS) is 17.8. The number of aromatic nitrogens is 1. The number of para-hydroxylation sites is 1. The van der Waals surface area contributed by atoms with E-state index in [0.29, 0.717) is 42.6 Å². The molecule has 5 rings (SSSR count). The molecule has 3 heterocycles. The quantitative estimate of drug-likeness (QED) is 0.499. The van der Waals surface area contributed by atoms with Crippen molar-refractivity contribution < 1.29 is 14.3 Å². The highest BCUT2D eigenvalue weighted by Gasteiger charge is 2.33. The summed E-state index contributed by atoms with van der Waals surface area (Å²) < 4.78 is 6.75. The van der Waals surface area contributed by atoms with Gasteiger partial charge < -0.3 is 14.5 Å². The molecule has 34 heavy (non-hydrogen) atoms. The van der Waals surface area contributed by atoms with Crippen LogP contribution in [0.4, 0.5) is 0 Å². The van der Waals surface area contributed by atoms with E-state index in [0.717, 1.165) is 41.2 Å². The first-order valence-corrected chi connectivity index (χ1v) is 13.1. The second kappa shape index (κ2) is 10.3. The topological polar surface area (TPSA) is 62.7 Å². The Morgan fingerprint density at radius 3 is 2.41 bits per heavy atom. The standard InChI is InChI=1S/C26H28ClN3O3S/c27-20-6-7-23-22(16-20)28-25(34-23)18-8-14-30(15-9-18)26(32)19-10-12-29(13-11-19)24(31)17-33-21-4-2-1-3-5-21/h1-7,16,18-19H,8-15,17H2. The average molecular weight is 498 g/mol. The summed E-state index contributed by atoms with van der Waals surface area (Å²) in [6.07, 6.45) is 3.31. The minimum absolute atomic E-state index is 0.000217. The van der Waals surface area contributed by atoms with Gasteiger partial charge in [0.1, 0.15) is 5.75 Å². The summed E-state index contributed by atoms with van der Waals surface area (Å²) in [6.45, 7) is 2.79. The number of rotatable bonds is 5. The molecular formula is C26H28ClN3O3S. The second-order valence-corrected chi connectivity index (χ2v) is 10.5. The van der Waals surface area contributed by atoms with Crippen molar-refractivity contribution in [2.24, 2.45) is 5.92 Å². The molecule has 0 bridgehead atoms. The van der Waals surface area contributed by atoms with Gasteiger partial charge in [-0.2, -0.15) is 0 Å². The lowest BCUT2D eigenvalue weighted by Gasteiger charge is -2.37. The van der Waals surface area contributed by atoms with Gasteiger partial charge in [0.05, 0.1) is 15.2 Å². The third-order valence-corrected chi connectivity index (χ3v) is 8.26. The number of carbonyl (C=O) groups is 2. The number of hydrogen-bond donors (Lipinski definition) is 0. The van der Waals surface area contributed by atoms with Gasteiger partial charge in [0.25, 0.3) is 5.91 Å². The number of halogens is 1. The van der Waals surface area contributed by atoms with Crippen LogP contribution in [-0.4, -0.2) is 59.4 Å². The Hall–Kier alpha value is -2.64. The fraction of sp³-hybridized carbons (Fsp3) is 0.423. The summed E-state index contributed by atoms with van der Waals surface area (Å²) in [5.41, 5.74) is 0.960. The molecule has 2 saturated heterocycles. The number of likely N-dealkylation sites (tertiary alicyclic amines) is 2. The van der Waals surface area contributed by atoms with Gasteiger partial charge >= 0.3 is 0 Å². The van der Waals surface area contributed by atoms with Crippen molar-refractivity contribution in [2.75, 3.05) is 32.8 Å². The maximum Gasteiger partial charge on any atom is 0.260 e. The Kier molecular flexibility index (Phi) is 7.02. The zero-order valence-electron chi connectivity index (χ0n) is 19.0. The Labute approximate surface area is 208 Å². The largest absolute Gasteiger partial charge is 0.484 e. The first-order valence-electron chi connectivity index (χ1n) is 11.9. The highest BCUT2D eigenvalue weighted by Crippen LogP contribution is 2.35. The van der Waals surface area contributed by atoms with Crippen LogP contribution in [0.5, 0.6) is 5.75 Å². The fourth-order valence-corrected chi connectivity index (χ4v) is 6.11. The Morgan fingerprint density at radius 1 is 0.971 bits per heavy atom. The van der Waals surface area contributed by atoms with E-state index in [1.54, 1.807) is 11.3 Å². The number of carbonyl (C=O) groups excluding carboxylic acids is 2. The molecule has 0 radical (unpaired) electrons. The van der Waals surface area contributed by atoms with E-state index in [-0.39, 0.29) is 24.3 Å². The minimum atomic E-state index is -0.0207. The third-order valence-electron chi connectivity index (χ3n) is 6.82. The number of amides is 2. The molecule has 6 nitrogen and oxygen atoms in total. The summed E-state index contributed by atoms with van der Waals surface area (Å²) in [4.78, 5) is 34.3. The van der Waals surface area contributed by atoms with Crippen molar-refractivity contribution in [3.05, 3.63) is 58.6 Å². The number of nitrogens with zero attached hydrogens (tertiary/aromatic N) is 3. The van der Waals surface area contributed by atoms with Gasteiger partial charge in [-0.15, -0.1) is 11.3 Å². The monoisotopic (exact) mass is 497 g/mol. The van der Waals surface area contributed by atoms with Crippen molar-refractivity contribution in [2.45, 2.75) is 31.6 Å². The number of thiazole rings is 1. The van der Waals surface area contributed by atoms with Gasteiger partial charge in [-0.1, -0.05) is 29.8 Å². The molecule has 2 aliphatic heterocycles. The fourth-order valence-electron chi connectivity index (χ4n) is 4.83.